The molecule has 2 heterocycles. The third-order valence-corrected chi connectivity index (χ3v) is 4.87. The number of aromatic nitrogens is 2. The molecule has 2 atom stereocenters. The zero-order valence-corrected chi connectivity index (χ0v) is 17.0. The van der Waals surface area contributed by atoms with Crippen LogP contribution in [-0.4, -0.2) is 47.1 Å². The summed E-state index contributed by atoms with van der Waals surface area (Å²) in [5, 5.41) is 15.7. The first-order valence-corrected chi connectivity index (χ1v) is 9.70. The van der Waals surface area contributed by atoms with Gasteiger partial charge in [-0.2, -0.15) is 5.26 Å². The van der Waals surface area contributed by atoms with Crippen molar-refractivity contribution in [1.29, 1.82) is 5.26 Å². The van der Waals surface area contributed by atoms with Crippen LogP contribution in [0.15, 0.2) is 24.5 Å². The Bertz CT molecular complexity index is 898. The van der Waals surface area contributed by atoms with Crippen LogP contribution in [0, 0.1) is 17.2 Å². The molecule has 1 aromatic carbocycles. The lowest BCUT2D eigenvalue weighted by molar-refractivity contribution is -0.121. The van der Waals surface area contributed by atoms with Crippen LogP contribution in [0.1, 0.15) is 39.7 Å². The lowest BCUT2D eigenvalue weighted by Gasteiger charge is -2.38. The van der Waals surface area contributed by atoms with Crippen molar-refractivity contribution in [1.82, 2.24) is 20.6 Å². The summed E-state index contributed by atoms with van der Waals surface area (Å²) in [6, 6.07) is 5.99. The van der Waals surface area contributed by atoms with Crippen LogP contribution < -0.4 is 15.5 Å². The average molecular weight is 380 g/mol. The topological polar surface area (TPSA) is 93.9 Å². The molecule has 1 aliphatic heterocycles. The Kier molecular flexibility index (Phi) is 5.80. The smallest absolute Gasteiger partial charge is 0.234 e. The van der Waals surface area contributed by atoms with Crippen LogP contribution in [0.25, 0.3) is 11.0 Å². The van der Waals surface area contributed by atoms with E-state index < -0.39 is 0 Å². The predicted molar refractivity (Wildman–Crippen MR) is 110 cm³/mol. The molecule has 0 unspecified atom stereocenters. The van der Waals surface area contributed by atoms with E-state index in [1.165, 1.54) is 0 Å². The van der Waals surface area contributed by atoms with Gasteiger partial charge in [0.1, 0.15) is 17.1 Å². The van der Waals surface area contributed by atoms with Crippen molar-refractivity contribution in [2.75, 3.05) is 24.5 Å². The molecule has 2 aromatic rings. The second kappa shape index (κ2) is 8.11. The highest BCUT2D eigenvalue weighted by Crippen LogP contribution is 2.30. The van der Waals surface area contributed by atoms with Crippen LogP contribution in [0.4, 0.5) is 5.69 Å². The van der Waals surface area contributed by atoms with Crippen LogP contribution >= 0.6 is 0 Å². The van der Waals surface area contributed by atoms with Gasteiger partial charge < -0.3 is 15.5 Å². The maximum absolute atomic E-state index is 12.4. The summed E-state index contributed by atoms with van der Waals surface area (Å²) in [6.07, 6.45) is 4.20. The average Bonchev–Trinajstić information content (AvgIpc) is 2.64. The second-order valence-corrected chi connectivity index (χ2v) is 8.61. The summed E-state index contributed by atoms with van der Waals surface area (Å²) in [5.74, 6) is 0.440. The standard InChI is InChI=1S/C21H28N6O/c1-14-9-16(26-18(28)11-25-21(2,3)4)13-27(12-14)17-6-5-15(10-22)19-20(17)24-8-7-23-19/h5-8,14,16,25H,9,11-13H2,1-4H3,(H,26,28)/t14-,16+/m0/s1. The van der Waals surface area contributed by atoms with Gasteiger partial charge in [0.15, 0.2) is 0 Å². The Hall–Kier alpha value is -2.72. The van der Waals surface area contributed by atoms with Gasteiger partial charge in [-0.25, -0.2) is 0 Å². The number of rotatable bonds is 4. The molecule has 28 heavy (non-hydrogen) atoms. The van der Waals surface area contributed by atoms with Gasteiger partial charge in [-0.15, -0.1) is 0 Å². The number of nitrogens with one attached hydrogen (secondary N) is 2. The van der Waals surface area contributed by atoms with Gasteiger partial charge >= 0.3 is 0 Å². The molecule has 1 aliphatic rings. The first-order valence-electron chi connectivity index (χ1n) is 9.70. The normalized spacial score (nSPS) is 20.0. The van der Waals surface area contributed by atoms with E-state index in [1.807, 2.05) is 26.8 Å². The number of hydrogen-bond donors (Lipinski definition) is 2. The third kappa shape index (κ3) is 4.76. The molecule has 1 aromatic heterocycles. The number of anilines is 1. The van der Waals surface area contributed by atoms with E-state index in [4.69, 9.17) is 0 Å². The SMILES string of the molecule is C[C@H]1C[C@@H](NC(=O)CNC(C)(C)C)CN(c2ccc(C#N)c3nccnc23)C1. The quantitative estimate of drug-likeness (QED) is 0.845. The number of carbonyl (C=O) groups excluding carboxylic acids is 1. The van der Waals surface area contributed by atoms with Gasteiger partial charge in [-0.1, -0.05) is 6.92 Å². The maximum Gasteiger partial charge on any atom is 0.234 e. The van der Waals surface area contributed by atoms with Gasteiger partial charge in [0.25, 0.3) is 0 Å². The van der Waals surface area contributed by atoms with Crippen molar-refractivity contribution in [3.63, 3.8) is 0 Å². The fraction of sp³-hybridized carbons (Fsp3) is 0.524. The highest BCUT2D eigenvalue weighted by Gasteiger charge is 2.28. The molecule has 1 amide bonds. The third-order valence-electron chi connectivity index (χ3n) is 4.87. The Morgan fingerprint density at radius 1 is 1.25 bits per heavy atom. The summed E-state index contributed by atoms with van der Waals surface area (Å²) >= 11 is 0. The minimum atomic E-state index is -0.0939. The minimum Gasteiger partial charge on any atom is -0.367 e. The van der Waals surface area contributed by atoms with Crippen molar-refractivity contribution < 1.29 is 4.79 Å². The molecule has 1 saturated heterocycles. The molecule has 3 rings (SSSR count). The van der Waals surface area contributed by atoms with Crippen LogP contribution in [0.3, 0.4) is 0 Å². The summed E-state index contributed by atoms with van der Waals surface area (Å²) in [5.41, 5.74) is 2.74. The van der Waals surface area contributed by atoms with Gasteiger partial charge in [-0.05, 0) is 45.2 Å². The molecule has 2 N–H and O–H groups in total. The first kappa shape index (κ1) is 20.0. The van der Waals surface area contributed by atoms with Crippen molar-refractivity contribution in [3.8, 4) is 6.07 Å². The Morgan fingerprint density at radius 3 is 2.64 bits per heavy atom. The zero-order chi connectivity index (χ0) is 20.3. The first-order chi connectivity index (χ1) is 13.3. The van der Waals surface area contributed by atoms with Gasteiger partial charge in [0.05, 0.1) is 17.8 Å². The van der Waals surface area contributed by atoms with Gasteiger partial charge in [-0.3, -0.25) is 14.8 Å². The highest BCUT2D eigenvalue weighted by atomic mass is 16.2. The van der Waals surface area contributed by atoms with E-state index >= 15 is 0 Å². The number of hydrogen-bond acceptors (Lipinski definition) is 6. The van der Waals surface area contributed by atoms with Gasteiger partial charge in [0, 0.05) is 37.1 Å². The molecule has 7 heteroatoms. The molecule has 1 fully saturated rings. The molecule has 0 radical (unpaired) electrons. The number of carbonyl (C=O) groups is 1. The number of nitrogens with zero attached hydrogens (tertiary/aromatic N) is 4. The fourth-order valence-corrected chi connectivity index (χ4v) is 3.67. The second-order valence-electron chi connectivity index (χ2n) is 8.61. The van der Waals surface area contributed by atoms with Crippen LogP contribution in [-0.2, 0) is 4.79 Å². The molecule has 0 aliphatic carbocycles. The molecular weight excluding hydrogens is 352 g/mol. The molecule has 0 bridgehead atoms. The van der Waals surface area contributed by atoms with E-state index in [1.54, 1.807) is 18.5 Å². The van der Waals surface area contributed by atoms with E-state index in [2.05, 4.69) is 38.5 Å². The minimum absolute atomic E-state index is 0.0125. The monoisotopic (exact) mass is 380 g/mol. The Morgan fingerprint density at radius 2 is 1.96 bits per heavy atom. The molecule has 7 nitrogen and oxygen atoms in total. The highest BCUT2D eigenvalue weighted by molar-refractivity contribution is 5.92. The molecule has 0 spiro atoms. The van der Waals surface area contributed by atoms with Crippen LogP contribution in [0.2, 0.25) is 0 Å². The number of fused-ring (bicyclic) bond motifs is 1. The Balaban J connectivity index is 1.78. The van der Waals surface area contributed by atoms with Crippen molar-refractivity contribution in [2.45, 2.75) is 45.7 Å². The maximum atomic E-state index is 12.4. The molecular formula is C21H28N6O. The lowest BCUT2D eigenvalue weighted by atomic mass is 9.95. The summed E-state index contributed by atoms with van der Waals surface area (Å²) in [4.78, 5) is 23.4. The largest absolute Gasteiger partial charge is 0.367 e. The molecule has 148 valence electrons. The Labute approximate surface area is 166 Å². The van der Waals surface area contributed by atoms with E-state index in [0.29, 0.717) is 30.1 Å². The predicted octanol–water partition coefficient (Wildman–Crippen LogP) is 2.22. The fourth-order valence-electron chi connectivity index (χ4n) is 3.67. The van der Waals surface area contributed by atoms with Crippen molar-refractivity contribution in [3.05, 3.63) is 30.1 Å². The lowest BCUT2D eigenvalue weighted by Crippen LogP contribution is -2.53. The number of piperidine rings is 1. The van der Waals surface area contributed by atoms with E-state index in [9.17, 15) is 10.1 Å². The van der Waals surface area contributed by atoms with E-state index in [-0.39, 0.29) is 17.5 Å². The number of amides is 1. The summed E-state index contributed by atoms with van der Waals surface area (Å²) in [7, 11) is 0. The molecule has 0 saturated carbocycles. The van der Waals surface area contributed by atoms with Crippen LogP contribution in [0.5, 0.6) is 0 Å². The van der Waals surface area contributed by atoms with Crippen molar-refractivity contribution >= 4 is 22.6 Å². The van der Waals surface area contributed by atoms with E-state index in [0.717, 1.165) is 24.2 Å². The van der Waals surface area contributed by atoms with Gasteiger partial charge in [0.2, 0.25) is 5.91 Å². The van der Waals surface area contributed by atoms with Crippen molar-refractivity contribution in [2.24, 2.45) is 5.92 Å². The number of benzene rings is 1. The summed E-state index contributed by atoms with van der Waals surface area (Å²) in [6.45, 7) is 10.2. The zero-order valence-electron chi connectivity index (χ0n) is 17.0. The number of nitriles is 1. The summed E-state index contributed by atoms with van der Waals surface area (Å²) < 4.78 is 0.